The van der Waals surface area contributed by atoms with Crippen LogP contribution < -0.4 is 10.2 Å². The molecule has 146 valence electrons. The summed E-state index contributed by atoms with van der Waals surface area (Å²) in [7, 11) is 3.88. The first kappa shape index (κ1) is 18.6. The third-order valence-corrected chi connectivity index (χ3v) is 7.18. The molecule has 4 rings (SSSR count). The highest BCUT2D eigenvalue weighted by Gasteiger charge is 2.25. The van der Waals surface area contributed by atoms with Crippen LogP contribution in [0.2, 0.25) is 0 Å². The summed E-state index contributed by atoms with van der Waals surface area (Å²) in [4.78, 5) is 28.1. The Morgan fingerprint density at radius 1 is 1.30 bits per heavy atom. The van der Waals surface area contributed by atoms with Gasteiger partial charge in [0.1, 0.15) is 17.0 Å². The van der Waals surface area contributed by atoms with E-state index in [1.165, 1.54) is 41.5 Å². The molecule has 1 saturated heterocycles. The first-order valence-electron chi connectivity index (χ1n) is 10.0. The molecule has 2 aliphatic rings. The molecule has 3 heterocycles. The molecule has 0 unspecified atom stereocenters. The maximum absolute atomic E-state index is 11.6. The highest BCUT2D eigenvalue weighted by atomic mass is 32.1. The van der Waals surface area contributed by atoms with Crippen LogP contribution in [0.3, 0.4) is 0 Å². The van der Waals surface area contributed by atoms with E-state index in [1.54, 1.807) is 13.4 Å². The molecular weight excluding hydrogens is 358 g/mol. The number of fused-ring (bicyclic) bond motifs is 3. The highest BCUT2D eigenvalue weighted by molar-refractivity contribution is 7.19. The number of anilines is 1. The van der Waals surface area contributed by atoms with Crippen LogP contribution in [-0.4, -0.2) is 61.0 Å². The smallest absolute Gasteiger partial charge is 0.233 e. The third-order valence-electron chi connectivity index (χ3n) is 5.98. The number of hydrogen-bond donors (Lipinski definition) is 1. The standard InChI is InChI=1S/C20H29N5OS/c1-21-17(26)12-25-9-7-14(8-10-25)11-24(2)19-18-15-5-3-4-6-16(15)27-20(18)23-13-22-19/h13-14H,3-12H2,1-2H3,(H,21,26). The first-order chi connectivity index (χ1) is 13.2. The number of thiophene rings is 1. The Morgan fingerprint density at radius 2 is 2.07 bits per heavy atom. The summed E-state index contributed by atoms with van der Waals surface area (Å²) < 4.78 is 0. The van der Waals surface area contributed by atoms with Gasteiger partial charge in [0.05, 0.1) is 11.9 Å². The van der Waals surface area contributed by atoms with Crippen LogP contribution in [-0.2, 0) is 17.6 Å². The number of aryl methyl sites for hydroxylation is 2. The van der Waals surface area contributed by atoms with Gasteiger partial charge in [-0.2, -0.15) is 0 Å². The molecule has 1 N–H and O–H groups in total. The first-order valence-corrected chi connectivity index (χ1v) is 10.9. The maximum Gasteiger partial charge on any atom is 0.233 e. The Hall–Kier alpha value is -1.73. The van der Waals surface area contributed by atoms with Crippen molar-refractivity contribution in [3.05, 3.63) is 16.8 Å². The Morgan fingerprint density at radius 3 is 2.85 bits per heavy atom. The van der Waals surface area contributed by atoms with E-state index in [9.17, 15) is 4.79 Å². The van der Waals surface area contributed by atoms with Crippen molar-refractivity contribution in [1.82, 2.24) is 20.2 Å². The van der Waals surface area contributed by atoms with Crippen molar-refractivity contribution < 1.29 is 4.79 Å². The van der Waals surface area contributed by atoms with E-state index in [0.717, 1.165) is 43.1 Å². The van der Waals surface area contributed by atoms with E-state index in [1.807, 2.05) is 11.3 Å². The Bertz CT molecular complexity index is 812. The predicted octanol–water partition coefficient (Wildman–Crippen LogP) is 2.46. The molecule has 6 nitrogen and oxygen atoms in total. The van der Waals surface area contributed by atoms with Crippen molar-refractivity contribution in [3.63, 3.8) is 0 Å². The number of rotatable bonds is 5. The highest BCUT2D eigenvalue weighted by Crippen LogP contribution is 2.39. The molecule has 7 heteroatoms. The molecule has 27 heavy (non-hydrogen) atoms. The molecule has 1 fully saturated rings. The number of likely N-dealkylation sites (N-methyl/N-ethyl adjacent to an activating group) is 1. The van der Waals surface area contributed by atoms with Gasteiger partial charge in [-0.25, -0.2) is 9.97 Å². The molecule has 1 aliphatic carbocycles. The number of nitrogens with zero attached hydrogens (tertiary/aromatic N) is 4. The minimum atomic E-state index is 0.108. The van der Waals surface area contributed by atoms with Crippen molar-refractivity contribution in [2.75, 3.05) is 45.2 Å². The average molecular weight is 388 g/mol. The largest absolute Gasteiger partial charge is 0.359 e. The molecule has 0 bridgehead atoms. The van der Waals surface area contributed by atoms with E-state index in [4.69, 9.17) is 0 Å². The molecule has 1 amide bonds. The van der Waals surface area contributed by atoms with Crippen LogP contribution in [0, 0.1) is 5.92 Å². The fourth-order valence-electron chi connectivity index (χ4n) is 4.45. The van der Waals surface area contributed by atoms with Gasteiger partial charge in [-0.1, -0.05) is 0 Å². The second-order valence-corrected chi connectivity index (χ2v) is 8.95. The van der Waals surface area contributed by atoms with Gasteiger partial charge in [0.2, 0.25) is 5.91 Å². The fourth-order valence-corrected chi connectivity index (χ4v) is 5.67. The summed E-state index contributed by atoms with van der Waals surface area (Å²) in [6.45, 7) is 3.54. The number of hydrogen-bond acceptors (Lipinski definition) is 6. The van der Waals surface area contributed by atoms with Crippen molar-refractivity contribution in [2.45, 2.75) is 38.5 Å². The van der Waals surface area contributed by atoms with E-state index in [0.29, 0.717) is 12.5 Å². The molecule has 2 aromatic heterocycles. The van der Waals surface area contributed by atoms with E-state index in [-0.39, 0.29) is 5.91 Å². The van der Waals surface area contributed by atoms with Gasteiger partial charge in [-0.15, -0.1) is 11.3 Å². The van der Waals surface area contributed by atoms with Crippen LogP contribution in [0.25, 0.3) is 10.2 Å². The minimum Gasteiger partial charge on any atom is -0.359 e. The fraction of sp³-hybridized carbons (Fsp3) is 0.650. The molecule has 1 aliphatic heterocycles. The Kier molecular flexibility index (Phi) is 5.59. The van der Waals surface area contributed by atoms with E-state index < -0.39 is 0 Å². The zero-order valence-corrected chi connectivity index (χ0v) is 17.1. The van der Waals surface area contributed by atoms with Gasteiger partial charge < -0.3 is 10.2 Å². The van der Waals surface area contributed by atoms with Crippen molar-refractivity contribution >= 4 is 33.3 Å². The summed E-state index contributed by atoms with van der Waals surface area (Å²) in [5.41, 5.74) is 1.50. The lowest BCUT2D eigenvalue weighted by atomic mass is 9.95. The quantitative estimate of drug-likeness (QED) is 0.854. The Labute approximate surface area is 165 Å². The van der Waals surface area contributed by atoms with Crippen molar-refractivity contribution in [1.29, 1.82) is 0 Å². The second-order valence-electron chi connectivity index (χ2n) is 7.86. The SMILES string of the molecule is CNC(=O)CN1CCC(CN(C)c2ncnc3sc4c(c23)CCCC4)CC1. The zero-order valence-electron chi connectivity index (χ0n) is 16.3. The summed E-state index contributed by atoms with van der Waals surface area (Å²) in [5, 5.41) is 4.02. The van der Waals surface area contributed by atoms with Crippen molar-refractivity contribution in [2.24, 2.45) is 5.92 Å². The van der Waals surface area contributed by atoms with Gasteiger partial charge in [-0.3, -0.25) is 9.69 Å². The van der Waals surface area contributed by atoms with Gasteiger partial charge >= 0.3 is 0 Å². The van der Waals surface area contributed by atoms with E-state index >= 15 is 0 Å². The predicted molar refractivity (Wildman–Crippen MR) is 111 cm³/mol. The lowest BCUT2D eigenvalue weighted by molar-refractivity contribution is -0.122. The molecule has 0 saturated carbocycles. The van der Waals surface area contributed by atoms with Crippen molar-refractivity contribution in [3.8, 4) is 0 Å². The summed E-state index contributed by atoms with van der Waals surface area (Å²) in [6, 6.07) is 0. The number of piperidine rings is 1. The number of carbonyl (C=O) groups excluding carboxylic acids is 1. The van der Waals surface area contributed by atoms with E-state index in [2.05, 4.69) is 32.1 Å². The van der Waals surface area contributed by atoms with Crippen LogP contribution in [0.15, 0.2) is 6.33 Å². The minimum absolute atomic E-state index is 0.108. The summed E-state index contributed by atoms with van der Waals surface area (Å²) in [5.74, 6) is 1.86. The number of carbonyl (C=O) groups is 1. The number of aromatic nitrogens is 2. The molecule has 2 aromatic rings. The number of amides is 1. The summed E-state index contributed by atoms with van der Waals surface area (Å²) >= 11 is 1.86. The molecule has 0 spiro atoms. The van der Waals surface area contributed by atoms with Crippen LogP contribution in [0.1, 0.15) is 36.1 Å². The van der Waals surface area contributed by atoms with Crippen LogP contribution in [0.4, 0.5) is 5.82 Å². The number of nitrogens with one attached hydrogen (secondary N) is 1. The normalized spacial score (nSPS) is 18.4. The maximum atomic E-state index is 11.6. The lowest BCUT2D eigenvalue weighted by Crippen LogP contribution is -2.42. The van der Waals surface area contributed by atoms with Gasteiger partial charge in [0, 0.05) is 25.5 Å². The molecule has 0 atom stereocenters. The third kappa shape index (κ3) is 3.94. The van der Waals surface area contributed by atoms with Crippen LogP contribution >= 0.6 is 11.3 Å². The molecular formula is C20H29N5OS. The summed E-state index contributed by atoms with van der Waals surface area (Å²) in [6.07, 6.45) is 8.94. The molecule has 0 radical (unpaired) electrons. The molecule has 0 aromatic carbocycles. The van der Waals surface area contributed by atoms with Crippen LogP contribution in [0.5, 0.6) is 0 Å². The zero-order chi connectivity index (χ0) is 18.8. The van der Waals surface area contributed by atoms with Gasteiger partial charge in [-0.05, 0) is 63.1 Å². The monoisotopic (exact) mass is 387 g/mol. The lowest BCUT2D eigenvalue weighted by Gasteiger charge is -2.33. The topological polar surface area (TPSA) is 61.4 Å². The second kappa shape index (κ2) is 8.10. The Balaban J connectivity index is 1.44. The number of likely N-dealkylation sites (tertiary alicyclic amines) is 1. The van der Waals surface area contributed by atoms with Gasteiger partial charge in [0.25, 0.3) is 0 Å². The van der Waals surface area contributed by atoms with Gasteiger partial charge in [0.15, 0.2) is 0 Å². The average Bonchev–Trinajstić information content (AvgIpc) is 3.08.